The maximum atomic E-state index is 12.3. The van der Waals surface area contributed by atoms with Crippen LogP contribution in [0.15, 0.2) is 53.1 Å². The lowest BCUT2D eigenvalue weighted by molar-refractivity contribution is -0.115. The zero-order valence-electron chi connectivity index (χ0n) is 14.7. The number of carbonyl (C=O) groups is 1. The number of hydrogen-bond acceptors (Lipinski definition) is 6. The maximum Gasteiger partial charge on any atom is 0.230 e. The number of amides is 1. The van der Waals surface area contributed by atoms with Crippen LogP contribution in [-0.4, -0.2) is 31.4 Å². The Labute approximate surface area is 155 Å². The van der Waals surface area contributed by atoms with E-state index >= 15 is 0 Å². The summed E-state index contributed by atoms with van der Waals surface area (Å²) in [7, 11) is 1.61. The Morgan fingerprint density at radius 2 is 1.85 bits per heavy atom. The summed E-state index contributed by atoms with van der Waals surface area (Å²) in [6.07, 6.45) is 0.105. The number of nitrogens with zero attached hydrogens (tertiary/aromatic N) is 1. The second-order valence-electron chi connectivity index (χ2n) is 5.99. The van der Waals surface area contributed by atoms with Crippen molar-refractivity contribution in [3.05, 3.63) is 54.2 Å². The van der Waals surface area contributed by atoms with E-state index < -0.39 is 0 Å². The zero-order valence-corrected chi connectivity index (χ0v) is 14.7. The van der Waals surface area contributed by atoms with Crippen LogP contribution in [0.4, 0.5) is 5.69 Å². The summed E-state index contributed by atoms with van der Waals surface area (Å²) in [6, 6.07) is 14.5. The van der Waals surface area contributed by atoms with Crippen molar-refractivity contribution < 1.29 is 23.5 Å². The third kappa shape index (κ3) is 3.87. The fourth-order valence-corrected chi connectivity index (χ4v) is 2.78. The van der Waals surface area contributed by atoms with E-state index in [1.54, 1.807) is 31.4 Å². The van der Waals surface area contributed by atoms with Crippen LogP contribution in [0.2, 0.25) is 0 Å². The van der Waals surface area contributed by atoms with Gasteiger partial charge in [0.1, 0.15) is 19.0 Å². The number of anilines is 1. The lowest BCUT2D eigenvalue weighted by atomic mass is 10.1. The molecule has 1 N–H and O–H groups in total. The van der Waals surface area contributed by atoms with Gasteiger partial charge >= 0.3 is 0 Å². The summed E-state index contributed by atoms with van der Waals surface area (Å²) in [5.41, 5.74) is 2.06. The maximum absolute atomic E-state index is 12.3. The van der Waals surface area contributed by atoms with Crippen molar-refractivity contribution in [3.63, 3.8) is 0 Å². The highest BCUT2D eigenvalue weighted by Crippen LogP contribution is 2.32. The quantitative estimate of drug-likeness (QED) is 0.746. The number of methoxy groups -OCH3 is 1. The smallest absolute Gasteiger partial charge is 0.230 e. The largest absolute Gasteiger partial charge is 0.497 e. The van der Waals surface area contributed by atoms with Gasteiger partial charge in [-0.25, -0.2) is 0 Å². The van der Waals surface area contributed by atoms with E-state index in [2.05, 4.69) is 10.5 Å². The van der Waals surface area contributed by atoms with Gasteiger partial charge in [-0.2, -0.15) is 0 Å². The van der Waals surface area contributed by atoms with Gasteiger partial charge in [-0.15, -0.1) is 0 Å². The molecule has 0 atom stereocenters. The predicted molar refractivity (Wildman–Crippen MR) is 98.3 cm³/mol. The van der Waals surface area contributed by atoms with E-state index in [0.29, 0.717) is 41.9 Å². The molecule has 138 valence electrons. The third-order valence-corrected chi connectivity index (χ3v) is 4.10. The van der Waals surface area contributed by atoms with Crippen LogP contribution in [0, 0.1) is 0 Å². The molecule has 0 fully saturated rings. The molecular formula is C20H18N2O5. The van der Waals surface area contributed by atoms with Crippen molar-refractivity contribution in [3.8, 4) is 28.6 Å². The molecule has 0 aliphatic carbocycles. The molecule has 3 aromatic rings. The molecule has 1 aliphatic heterocycles. The summed E-state index contributed by atoms with van der Waals surface area (Å²) in [6.45, 7) is 1.03. The number of carbonyl (C=O) groups excluding carboxylic acids is 1. The van der Waals surface area contributed by atoms with Crippen LogP contribution in [-0.2, 0) is 11.2 Å². The second kappa shape index (κ2) is 7.41. The van der Waals surface area contributed by atoms with Gasteiger partial charge in [-0.05, 0) is 36.4 Å². The van der Waals surface area contributed by atoms with Crippen molar-refractivity contribution in [2.24, 2.45) is 0 Å². The van der Waals surface area contributed by atoms with Crippen molar-refractivity contribution in [1.82, 2.24) is 5.16 Å². The Balaban J connectivity index is 1.40. The van der Waals surface area contributed by atoms with Gasteiger partial charge in [0.15, 0.2) is 17.3 Å². The molecule has 2 heterocycles. The minimum atomic E-state index is -0.193. The normalized spacial score (nSPS) is 12.5. The lowest BCUT2D eigenvalue weighted by Gasteiger charge is -2.18. The van der Waals surface area contributed by atoms with Crippen molar-refractivity contribution >= 4 is 11.6 Å². The molecule has 27 heavy (non-hydrogen) atoms. The molecule has 1 aromatic heterocycles. The SMILES string of the molecule is COc1ccc(-c2cc(CC(=O)Nc3ccc4c(c3)OCCO4)no2)cc1. The molecule has 2 aromatic carbocycles. The molecule has 0 bridgehead atoms. The number of nitrogens with one attached hydrogen (secondary N) is 1. The zero-order chi connectivity index (χ0) is 18.6. The van der Waals surface area contributed by atoms with Gasteiger partial charge in [0.2, 0.25) is 5.91 Å². The average molecular weight is 366 g/mol. The first-order valence-electron chi connectivity index (χ1n) is 8.51. The first-order valence-corrected chi connectivity index (χ1v) is 8.51. The molecular weight excluding hydrogens is 348 g/mol. The first kappa shape index (κ1) is 17.0. The Morgan fingerprint density at radius 1 is 1.07 bits per heavy atom. The highest BCUT2D eigenvalue weighted by atomic mass is 16.6. The highest BCUT2D eigenvalue weighted by molar-refractivity contribution is 5.92. The van der Waals surface area contributed by atoms with Gasteiger partial charge in [0.05, 0.1) is 19.2 Å². The van der Waals surface area contributed by atoms with Gasteiger partial charge in [0, 0.05) is 23.4 Å². The van der Waals surface area contributed by atoms with E-state index in [1.807, 2.05) is 24.3 Å². The van der Waals surface area contributed by atoms with E-state index in [0.717, 1.165) is 11.3 Å². The standard InChI is InChI=1S/C20H18N2O5/c1-24-16-5-2-13(3-6-16)18-11-15(22-27-18)12-20(23)21-14-4-7-17-19(10-14)26-9-8-25-17/h2-7,10-11H,8-9,12H2,1H3,(H,21,23). The molecule has 1 aliphatic rings. The molecule has 1 amide bonds. The van der Waals surface area contributed by atoms with Crippen LogP contribution in [0.25, 0.3) is 11.3 Å². The van der Waals surface area contributed by atoms with Crippen molar-refractivity contribution in [1.29, 1.82) is 0 Å². The van der Waals surface area contributed by atoms with Crippen LogP contribution in [0.1, 0.15) is 5.69 Å². The van der Waals surface area contributed by atoms with E-state index in [-0.39, 0.29) is 12.3 Å². The van der Waals surface area contributed by atoms with Crippen LogP contribution in [0.3, 0.4) is 0 Å². The number of hydrogen-bond donors (Lipinski definition) is 1. The molecule has 0 radical (unpaired) electrons. The summed E-state index contributed by atoms with van der Waals surface area (Å²) >= 11 is 0. The topological polar surface area (TPSA) is 82.8 Å². The van der Waals surface area contributed by atoms with Gasteiger partial charge < -0.3 is 24.1 Å². The van der Waals surface area contributed by atoms with E-state index in [1.165, 1.54) is 0 Å². The van der Waals surface area contributed by atoms with Crippen LogP contribution in [0.5, 0.6) is 17.2 Å². The van der Waals surface area contributed by atoms with Crippen LogP contribution < -0.4 is 19.5 Å². The summed E-state index contributed by atoms with van der Waals surface area (Å²) in [5.74, 6) is 2.47. The van der Waals surface area contributed by atoms with Gasteiger partial charge in [-0.1, -0.05) is 5.16 Å². The number of benzene rings is 2. The fourth-order valence-electron chi connectivity index (χ4n) is 2.78. The molecule has 0 unspecified atom stereocenters. The number of fused-ring (bicyclic) bond motifs is 1. The summed E-state index contributed by atoms with van der Waals surface area (Å²) < 4.78 is 21.5. The number of aromatic nitrogens is 1. The number of rotatable bonds is 5. The first-order chi connectivity index (χ1) is 13.2. The van der Waals surface area contributed by atoms with Gasteiger partial charge in [-0.3, -0.25) is 4.79 Å². The van der Waals surface area contributed by atoms with Crippen LogP contribution >= 0.6 is 0 Å². The second-order valence-corrected chi connectivity index (χ2v) is 5.99. The Kier molecular flexibility index (Phi) is 4.65. The average Bonchev–Trinajstić information content (AvgIpc) is 3.16. The van der Waals surface area contributed by atoms with Gasteiger partial charge in [0.25, 0.3) is 0 Å². The van der Waals surface area contributed by atoms with Crippen molar-refractivity contribution in [2.75, 3.05) is 25.6 Å². The van der Waals surface area contributed by atoms with E-state index in [9.17, 15) is 4.79 Å². The molecule has 0 saturated carbocycles. The predicted octanol–water partition coefficient (Wildman–Crippen LogP) is 3.30. The third-order valence-electron chi connectivity index (χ3n) is 4.10. The van der Waals surface area contributed by atoms with E-state index in [4.69, 9.17) is 18.7 Å². The minimum absolute atomic E-state index is 0.105. The molecule has 0 saturated heterocycles. The highest BCUT2D eigenvalue weighted by Gasteiger charge is 2.14. The van der Waals surface area contributed by atoms with Crippen molar-refractivity contribution in [2.45, 2.75) is 6.42 Å². The lowest BCUT2D eigenvalue weighted by Crippen LogP contribution is -2.17. The fraction of sp³-hybridized carbons (Fsp3) is 0.200. The molecule has 7 heteroatoms. The Morgan fingerprint density at radius 3 is 2.63 bits per heavy atom. The monoisotopic (exact) mass is 366 g/mol. The summed E-state index contributed by atoms with van der Waals surface area (Å²) in [4.78, 5) is 12.3. The Hall–Kier alpha value is -3.48. The number of ether oxygens (including phenoxy) is 3. The summed E-state index contributed by atoms with van der Waals surface area (Å²) in [5, 5.41) is 6.81. The Bertz CT molecular complexity index is 949. The molecule has 4 rings (SSSR count). The molecule has 7 nitrogen and oxygen atoms in total. The molecule has 0 spiro atoms. The minimum Gasteiger partial charge on any atom is -0.497 e.